The summed E-state index contributed by atoms with van der Waals surface area (Å²) in [5, 5.41) is 0. The van der Waals surface area contributed by atoms with Crippen molar-refractivity contribution < 1.29 is 4.74 Å². The Labute approximate surface area is 121 Å². The van der Waals surface area contributed by atoms with Gasteiger partial charge in [0.05, 0.1) is 11.4 Å². The van der Waals surface area contributed by atoms with Crippen LogP contribution < -0.4 is 0 Å². The van der Waals surface area contributed by atoms with Gasteiger partial charge in [0.2, 0.25) is 0 Å². The number of rotatable bonds is 3. The van der Waals surface area contributed by atoms with E-state index in [1.165, 1.54) is 44.5 Å². The number of hydrogen-bond acceptors (Lipinski definition) is 4. The first-order valence-corrected chi connectivity index (χ1v) is 7.90. The Morgan fingerprint density at radius 1 is 1.25 bits per heavy atom. The van der Waals surface area contributed by atoms with Crippen molar-refractivity contribution in [1.29, 1.82) is 0 Å². The normalized spacial score (nSPS) is 25.8. The van der Waals surface area contributed by atoms with E-state index in [0.29, 0.717) is 5.92 Å². The number of nitrogens with zero attached hydrogens (tertiary/aromatic N) is 3. The first-order valence-electron chi connectivity index (χ1n) is 7.90. The Bertz CT molecular complexity index is 431. The van der Waals surface area contributed by atoms with Crippen molar-refractivity contribution in [3.05, 3.63) is 23.8 Å². The first kappa shape index (κ1) is 14.0. The van der Waals surface area contributed by atoms with Crippen LogP contribution in [0.2, 0.25) is 0 Å². The van der Waals surface area contributed by atoms with E-state index in [1.54, 1.807) is 0 Å². The largest absolute Gasteiger partial charge is 0.381 e. The van der Waals surface area contributed by atoms with E-state index in [4.69, 9.17) is 4.74 Å². The molecule has 3 rings (SSSR count). The van der Waals surface area contributed by atoms with Gasteiger partial charge in [0.15, 0.2) is 0 Å². The Hall–Kier alpha value is -1.00. The molecule has 0 amide bonds. The molecular formula is C16H25N3O. The summed E-state index contributed by atoms with van der Waals surface area (Å²) in [5.74, 6) is 1.39. The fraction of sp³-hybridized carbons (Fsp3) is 0.750. The minimum Gasteiger partial charge on any atom is -0.381 e. The van der Waals surface area contributed by atoms with Crippen LogP contribution in [0.15, 0.2) is 12.4 Å². The third-order valence-electron chi connectivity index (χ3n) is 4.55. The lowest BCUT2D eigenvalue weighted by Crippen LogP contribution is -2.39. The third kappa shape index (κ3) is 3.55. The Morgan fingerprint density at radius 2 is 2.10 bits per heavy atom. The molecule has 0 radical (unpaired) electrons. The van der Waals surface area contributed by atoms with Crippen molar-refractivity contribution >= 4 is 0 Å². The van der Waals surface area contributed by atoms with Crippen LogP contribution in [-0.2, 0) is 4.74 Å². The first-order chi connectivity index (χ1) is 9.81. The van der Waals surface area contributed by atoms with Gasteiger partial charge in [-0.25, -0.2) is 0 Å². The SMILES string of the molecule is Cc1cncc([C@H]2CCCN(CC3CCOCC3)C2)n1. The van der Waals surface area contributed by atoms with E-state index in [9.17, 15) is 0 Å². The molecule has 0 bridgehead atoms. The summed E-state index contributed by atoms with van der Waals surface area (Å²) >= 11 is 0. The third-order valence-corrected chi connectivity index (χ3v) is 4.55. The highest BCUT2D eigenvalue weighted by Crippen LogP contribution is 2.27. The molecule has 1 aromatic heterocycles. The molecule has 0 aliphatic carbocycles. The van der Waals surface area contributed by atoms with E-state index in [1.807, 2.05) is 19.3 Å². The maximum Gasteiger partial charge on any atom is 0.0633 e. The summed E-state index contributed by atoms with van der Waals surface area (Å²) in [6, 6.07) is 0. The van der Waals surface area contributed by atoms with Gasteiger partial charge in [-0.05, 0) is 45.1 Å². The number of aromatic nitrogens is 2. The van der Waals surface area contributed by atoms with Crippen molar-refractivity contribution in [2.45, 2.75) is 38.5 Å². The molecule has 3 heterocycles. The van der Waals surface area contributed by atoms with Gasteiger partial charge in [0.1, 0.15) is 0 Å². The highest BCUT2D eigenvalue weighted by molar-refractivity contribution is 5.09. The van der Waals surface area contributed by atoms with Gasteiger partial charge in [-0.3, -0.25) is 9.97 Å². The molecule has 20 heavy (non-hydrogen) atoms. The Kier molecular flexibility index (Phi) is 4.63. The second kappa shape index (κ2) is 6.64. The number of aryl methyl sites for hydroxylation is 1. The molecule has 0 spiro atoms. The number of likely N-dealkylation sites (tertiary alicyclic amines) is 1. The monoisotopic (exact) mass is 275 g/mol. The summed E-state index contributed by atoms with van der Waals surface area (Å²) < 4.78 is 5.46. The second-order valence-electron chi connectivity index (χ2n) is 6.24. The summed E-state index contributed by atoms with van der Waals surface area (Å²) in [5.41, 5.74) is 2.21. The van der Waals surface area contributed by atoms with E-state index in [-0.39, 0.29) is 0 Å². The van der Waals surface area contributed by atoms with Gasteiger partial charge >= 0.3 is 0 Å². The van der Waals surface area contributed by atoms with Crippen molar-refractivity contribution in [3.8, 4) is 0 Å². The maximum atomic E-state index is 5.46. The van der Waals surface area contributed by atoms with E-state index < -0.39 is 0 Å². The molecule has 110 valence electrons. The zero-order valence-corrected chi connectivity index (χ0v) is 12.4. The standard InChI is InChI=1S/C16H25N3O/c1-13-9-17-10-16(18-13)15-3-2-6-19(12-15)11-14-4-7-20-8-5-14/h9-10,14-15H,2-8,11-12H2,1H3/t15-/m0/s1. The molecule has 1 aromatic rings. The lowest BCUT2D eigenvalue weighted by atomic mass is 9.92. The topological polar surface area (TPSA) is 38.2 Å². The molecule has 2 aliphatic heterocycles. The van der Waals surface area contributed by atoms with Gasteiger partial charge in [-0.2, -0.15) is 0 Å². The quantitative estimate of drug-likeness (QED) is 0.849. The van der Waals surface area contributed by atoms with Crippen molar-refractivity contribution in [2.75, 3.05) is 32.8 Å². The minimum atomic E-state index is 0.566. The molecule has 2 saturated heterocycles. The fourth-order valence-corrected chi connectivity index (χ4v) is 3.44. The van der Waals surface area contributed by atoms with E-state index in [0.717, 1.165) is 31.4 Å². The molecule has 4 nitrogen and oxygen atoms in total. The zero-order chi connectivity index (χ0) is 13.8. The van der Waals surface area contributed by atoms with Crippen molar-refractivity contribution in [3.63, 3.8) is 0 Å². The van der Waals surface area contributed by atoms with Crippen LogP contribution in [0.4, 0.5) is 0 Å². The van der Waals surface area contributed by atoms with Crippen LogP contribution in [0, 0.1) is 12.8 Å². The van der Waals surface area contributed by atoms with Crippen LogP contribution in [0.5, 0.6) is 0 Å². The molecule has 4 heteroatoms. The second-order valence-corrected chi connectivity index (χ2v) is 6.24. The van der Waals surface area contributed by atoms with Gasteiger partial charge in [-0.15, -0.1) is 0 Å². The highest BCUT2D eigenvalue weighted by atomic mass is 16.5. The fourth-order valence-electron chi connectivity index (χ4n) is 3.44. The lowest BCUT2D eigenvalue weighted by molar-refractivity contribution is 0.0481. The molecule has 0 N–H and O–H groups in total. The van der Waals surface area contributed by atoms with Crippen molar-refractivity contribution in [2.24, 2.45) is 5.92 Å². The molecular weight excluding hydrogens is 250 g/mol. The smallest absolute Gasteiger partial charge is 0.0633 e. The Balaban J connectivity index is 1.58. The van der Waals surface area contributed by atoms with Gasteiger partial charge in [0.25, 0.3) is 0 Å². The van der Waals surface area contributed by atoms with Crippen LogP contribution in [-0.4, -0.2) is 47.7 Å². The van der Waals surface area contributed by atoms with Gasteiger partial charge in [0, 0.05) is 44.6 Å². The molecule has 1 atom stereocenters. The van der Waals surface area contributed by atoms with Crippen LogP contribution in [0.1, 0.15) is 43.0 Å². The summed E-state index contributed by atoms with van der Waals surface area (Å²) in [6.45, 7) is 7.55. The van der Waals surface area contributed by atoms with Crippen molar-refractivity contribution in [1.82, 2.24) is 14.9 Å². The van der Waals surface area contributed by atoms with Crippen LogP contribution in [0.3, 0.4) is 0 Å². The average molecular weight is 275 g/mol. The van der Waals surface area contributed by atoms with E-state index >= 15 is 0 Å². The molecule has 0 aromatic carbocycles. The number of ether oxygens (including phenoxy) is 1. The predicted octanol–water partition coefficient (Wildman–Crippen LogP) is 2.39. The average Bonchev–Trinajstić information content (AvgIpc) is 2.49. The lowest BCUT2D eigenvalue weighted by Gasteiger charge is -2.35. The highest BCUT2D eigenvalue weighted by Gasteiger charge is 2.25. The van der Waals surface area contributed by atoms with E-state index in [2.05, 4.69) is 14.9 Å². The number of piperidine rings is 1. The Morgan fingerprint density at radius 3 is 2.90 bits per heavy atom. The van der Waals surface area contributed by atoms with Gasteiger partial charge < -0.3 is 9.64 Å². The molecule has 2 aliphatic rings. The summed E-state index contributed by atoms with van der Waals surface area (Å²) in [4.78, 5) is 11.6. The molecule has 0 unspecified atom stereocenters. The minimum absolute atomic E-state index is 0.566. The number of hydrogen-bond donors (Lipinski definition) is 0. The summed E-state index contributed by atoms with van der Waals surface area (Å²) in [7, 11) is 0. The molecule has 0 saturated carbocycles. The zero-order valence-electron chi connectivity index (χ0n) is 12.4. The van der Waals surface area contributed by atoms with Gasteiger partial charge in [-0.1, -0.05) is 0 Å². The maximum absolute atomic E-state index is 5.46. The molecule has 2 fully saturated rings. The van der Waals surface area contributed by atoms with Crippen LogP contribution in [0.25, 0.3) is 0 Å². The summed E-state index contributed by atoms with van der Waals surface area (Å²) in [6.07, 6.45) is 8.78. The van der Waals surface area contributed by atoms with Crippen LogP contribution >= 0.6 is 0 Å². The predicted molar refractivity (Wildman–Crippen MR) is 78.7 cm³/mol.